The fraction of sp³-hybridized carbons (Fsp3) is 0.105. The maximum absolute atomic E-state index is 9.21. The highest BCUT2D eigenvalue weighted by molar-refractivity contribution is 5.96. The van der Waals surface area contributed by atoms with Gasteiger partial charge in [-0.15, -0.1) is 15.3 Å². The molecule has 0 radical (unpaired) electrons. The van der Waals surface area contributed by atoms with E-state index in [0.29, 0.717) is 35.4 Å². The first-order chi connectivity index (χ1) is 13.8. The van der Waals surface area contributed by atoms with E-state index < -0.39 is 0 Å². The molecule has 4 aromatic heterocycles. The second kappa shape index (κ2) is 6.71. The van der Waals surface area contributed by atoms with Gasteiger partial charge in [0.1, 0.15) is 13.2 Å². The van der Waals surface area contributed by atoms with Crippen LogP contribution in [-0.4, -0.2) is 35.1 Å². The molecular weight excluding hydrogens is 360 g/mol. The Hall–Kier alpha value is -3.85. The summed E-state index contributed by atoms with van der Waals surface area (Å²) in [5, 5.41) is 27.9. The molecule has 0 unspecified atom stereocenters. The van der Waals surface area contributed by atoms with Crippen LogP contribution >= 0.6 is 0 Å². The van der Waals surface area contributed by atoms with E-state index in [1.54, 1.807) is 23.0 Å². The van der Waals surface area contributed by atoms with Gasteiger partial charge in [0, 0.05) is 34.8 Å². The second-order valence-electron chi connectivity index (χ2n) is 6.10. The van der Waals surface area contributed by atoms with Crippen LogP contribution in [0.3, 0.4) is 0 Å². The summed E-state index contributed by atoms with van der Waals surface area (Å²) in [5.41, 5.74) is 1.94. The normalized spacial score (nSPS) is 11.3. The number of benzene rings is 1. The van der Waals surface area contributed by atoms with Gasteiger partial charge < -0.3 is 14.4 Å². The number of rotatable bonds is 5. The molecule has 9 nitrogen and oxygen atoms in total. The van der Waals surface area contributed by atoms with Crippen LogP contribution in [0.15, 0.2) is 59.4 Å². The molecule has 0 aliphatic heterocycles. The molecule has 4 heterocycles. The van der Waals surface area contributed by atoms with Crippen molar-refractivity contribution in [1.29, 1.82) is 0 Å². The zero-order chi connectivity index (χ0) is 18.9. The Morgan fingerprint density at radius 3 is 2.75 bits per heavy atom. The van der Waals surface area contributed by atoms with Crippen LogP contribution in [0, 0.1) is 0 Å². The summed E-state index contributed by atoms with van der Waals surface area (Å²) in [5.74, 6) is 1.18. The molecule has 5 rings (SSSR count). The van der Waals surface area contributed by atoms with Crippen LogP contribution in [0.4, 0.5) is 0 Å². The topological polar surface area (TPSA) is 111 Å². The number of hydrogen-bond acceptors (Lipinski definition) is 8. The number of aliphatic hydroxyl groups excluding tert-OH is 1. The fourth-order valence-corrected chi connectivity index (χ4v) is 2.95. The first-order valence-electron chi connectivity index (χ1n) is 8.56. The minimum Gasteiger partial charge on any atom is -0.471 e. The number of fused-ring (bicyclic) bond motifs is 3. The molecule has 138 valence electrons. The lowest BCUT2D eigenvalue weighted by Gasteiger charge is -2.09. The smallest absolute Gasteiger partial charge is 0.240 e. The Kier molecular flexibility index (Phi) is 3.91. The van der Waals surface area contributed by atoms with E-state index in [9.17, 15) is 5.11 Å². The molecule has 0 aliphatic rings. The lowest BCUT2D eigenvalue weighted by atomic mass is 10.2. The summed E-state index contributed by atoms with van der Waals surface area (Å²) in [6.45, 7) is 0.0754. The van der Waals surface area contributed by atoms with Crippen LogP contribution in [-0.2, 0) is 13.2 Å². The molecule has 0 amide bonds. The van der Waals surface area contributed by atoms with E-state index in [2.05, 4.69) is 25.4 Å². The zero-order valence-corrected chi connectivity index (χ0v) is 14.6. The molecule has 0 aliphatic carbocycles. The molecule has 0 spiro atoms. The van der Waals surface area contributed by atoms with E-state index >= 15 is 0 Å². The van der Waals surface area contributed by atoms with Gasteiger partial charge in [-0.2, -0.15) is 4.52 Å². The predicted molar refractivity (Wildman–Crippen MR) is 98.3 cm³/mol. The molecule has 0 fully saturated rings. The first kappa shape index (κ1) is 16.3. The van der Waals surface area contributed by atoms with Crippen molar-refractivity contribution in [1.82, 2.24) is 30.0 Å². The summed E-state index contributed by atoms with van der Waals surface area (Å²) in [6, 6.07) is 13.1. The van der Waals surface area contributed by atoms with Gasteiger partial charge in [-0.3, -0.25) is 4.98 Å². The Morgan fingerprint density at radius 2 is 1.96 bits per heavy atom. The summed E-state index contributed by atoms with van der Waals surface area (Å²) in [7, 11) is 0. The monoisotopic (exact) mass is 374 g/mol. The van der Waals surface area contributed by atoms with Crippen molar-refractivity contribution in [2.45, 2.75) is 13.2 Å². The van der Waals surface area contributed by atoms with Crippen molar-refractivity contribution in [3.63, 3.8) is 0 Å². The number of nitrogens with zero attached hydrogens (tertiary/aromatic N) is 6. The third kappa shape index (κ3) is 2.74. The zero-order valence-electron chi connectivity index (χ0n) is 14.6. The van der Waals surface area contributed by atoms with Gasteiger partial charge in [0.15, 0.2) is 17.1 Å². The minimum absolute atomic E-state index is 0.250. The van der Waals surface area contributed by atoms with Crippen molar-refractivity contribution in [3.05, 3.63) is 66.2 Å². The van der Waals surface area contributed by atoms with Gasteiger partial charge in [0.05, 0.1) is 0 Å². The summed E-state index contributed by atoms with van der Waals surface area (Å²) in [4.78, 5) is 4.10. The Bertz CT molecular complexity index is 1260. The third-order valence-electron chi connectivity index (χ3n) is 4.27. The predicted octanol–water partition coefficient (Wildman–Crippen LogP) is 2.40. The van der Waals surface area contributed by atoms with E-state index in [-0.39, 0.29) is 6.61 Å². The largest absolute Gasteiger partial charge is 0.471 e. The van der Waals surface area contributed by atoms with Crippen LogP contribution in [0.25, 0.3) is 27.9 Å². The maximum Gasteiger partial charge on any atom is 0.240 e. The Labute approximate surface area is 158 Å². The van der Waals surface area contributed by atoms with Crippen molar-refractivity contribution < 1.29 is 14.4 Å². The molecule has 1 aromatic carbocycles. The molecule has 0 saturated carbocycles. The summed E-state index contributed by atoms with van der Waals surface area (Å²) >= 11 is 0. The number of pyridine rings is 1. The second-order valence-corrected chi connectivity index (χ2v) is 6.10. The van der Waals surface area contributed by atoms with E-state index in [1.807, 2.05) is 36.4 Å². The highest BCUT2D eigenvalue weighted by Crippen LogP contribution is 2.29. The molecule has 0 saturated heterocycles. The lowest BCUT2D eigenvalue weighted by Crippen LogP contribution is -2.03. The molecule has 0 bridgehead atoms. The van der Waals surface area contributed by atoms with Gasteiger partial charge in [0.2, 0.25) is 11.7 Å². The van der Waals surface area contributed by atoms with Gasteiger partial charge in [-0.1, -0.05) is 29.4 Å². The van der Waals surface area contributed by atoms with Crippen molar-refractivity contribution in [2.75, 3.05) is 0 Å². The van der Waals surface area contributed by atoms with Gasteiger partial charge in [-0.25, -0.2) is 0 Å². The van der Waals surface area contributed by atoms with Gasteiger partial charge in [0.25, 0.3) is 0 Å². The first-order valence-corrected chi connectivity index (χ1v) is 8.56. The number of aliphatic hydroxyl groups is 1. The average Bonchev–Trinajstić information content (AvgIpc) is 3.39. The van der Waals surface area contributed by atoms with Crippen LogP contribution in [0.1, 0.15) is 11.3 Å². The van der Waals surface area contributed by atoms with E-state index in [0.717, 1.165) is 16.3 Å². The summed E-state index contributed by atoms with van der Waals surface area (Å²) < 4.78 is 12.6. The highest BCUT2D eigenvalue weighted by atomic mass is 16.5. The van der Waals surface area contributed by atoms with Crippen LogP contribution in [0.5, 0.6) is 5.88 Å². The third-order valence-corrected chi connectivity index (χ3v) is 4.27. The van der Waals surface area contributed by atoms with E-state index in [4.69, 9.17) is 9.26 Å². The van der Waals surface area contributed by atoms with Gasteiger partial charge >= 0.3 is 0 Å². The maximum atomic E-state index is 9.21. The standard InChI is InChI=1S/C19H14N6O3/c26-10-13-8-16(24-28-13)18-22-21-17-14-5-1-2-6-15(14)19(23-25(17)18)27-11-12-4-3-7-20-9-12/h1-9,26H,10-11H2. The Morgan fingerprint density at radius 1 is 1.07 bits per heavy atom. The number of hydrogen-bond donors (Lipinski definition) is 1. The molecular formula is C19H14N6O3. The number of aromatic nitrogens is 6. The van der Waals surface area contributed by atoms with E-state index in [1.165, 1.54) is 0 Å². The Balaban J connectivity index is 1.64. The SMILES string of the molecule is OCc1cc(-c2nnc3c4ccccc4c(OCc4cccnc4)nn23)no1. The van der Waals surface area contributed by atoms with Crippen molar-refractivity contribution >= 4 is 16.4 Å². The van der Waals surface area contributed by atoms with Gasteiger partial charge in [-0.05, 0) is 12.1 Å². The molecule has 1 N–H and O–H groups in total. The molecule has 9 heteroatoms. The quantitative estimate of drug-likeness (QED) is 0.499. The lowest BCUT2D eigenvalue weighted by molar-refractivity contribution is 0.229. The van der Waals surface area contributed by atoms with Crippen LogP contribution < -0.4 is 4.74 Å². The van der Waals surface area contributed by atoms with Crippen molar-refractivity contribution in [2.24, 2.45) is 0 Å². The molecule has 0 atom stereocenters. The van der Waals surface area contributed by atoms with Crippen molar-refractivity contribution in [3.8, 4) is 17.4 Å². The molecule has 28 heavy (non-hydrogen) atoms. The molecule has 5 aromatic rings. The minimum atomic E-state index is -0.250. The average molecular weight is 374 g/mol. The summed E-state index contributed by atoms with van der Waals surface area (Å²) in [6.07, 6.45) is 3.46. The highest BCUT2D eigenvalue weighted by Gasteiger charge is 2.18. The van der Waals surface area contributed by atoms with Crippen LogP contribution in [0.2, 0.25) is 0 Å². The fourth-order valence-electron chi connectivity index (χ4n) is 2.95. The number of ether oxygens (including phenoxy) is 1.